The predicted molar refractivity (Wildman–Crippen MR) is 99.8 cm³/mol. The van der Waals surface area contributed by atoms with Gasteiger partial charge in [-0.25, -0.2) is 9.07 Å². The van der Waals surface area contributed by atoms with Crippen LogP contribution in [0.1, 0.15) is 41.6 Å². The van der Waals surface area contributed by atoms with Crippen molar-refractivity contribution >= 4 is 5.91 Å². The van der Waals surface area contributed by atoms with Gasteiger partial charge in [-0.05, 0) is 49.7 Å². The molecule has 1 atom stereocenters. The first-order chi connectivity index (χ1) is 14.2. The second-order valence-electron chi connectivity index (χ2n) is 6.38. The van der Waals surface area contributed by atoms with E-state index in [1.165, 1.54) is 12.1 Å². The van der Waals surface area contributed by atoms with Gasteiger partial charge >= 0.3 is 6.18 Å². The van der Waals surface area contributed by atoms with Crippen molar-refractivity contribution in [1.29, 1.82) is 0 Å². The molecular formula is C20H18F4N4O2. The molecule has 1 amide bonds. The van der Waals surface area contributed by atoms with Crippen LogP contribution < -0.4 is 10.1 Å². The lowest BCUT2D eigenvalue weighted by molar-refractivity contribution is -0.143. The number of halogens is 4. The van der Waals surface area contributed by atoms with Gasteiger partial charge in [0, 0.05) is 0 Å². The van der Waals surface area contributed by atoms with Crippen LogP contribution in [0.4, 0.5) is 17.6 Å². The molecule has 10 heteroatoms. The normalized spacial score (nSPS) is 12.5. The molecule has 3 rings (SSSR count). The van der Waals surface area contributed by atoms with E-state index in [9.17, 15) is 22.4 Å². The van der Waals surface area contributed by atoms with Gasteiger partial charge in [-0.15, -0.1) is 5.10 Å². The van der Waals surface area contributed by atoms with E-state index in [1.54, 1.807) is 31.2 Å². The van der Waals surface area contributed by atoms with Gasteiger partial charge < -0.3 is 10.1 Å². The molecule has 0 aliphatic carbocycles. The monoisotopic (exact) mass is 422 g/mol. The highest BCUT2D eigenvalue weighted by Gasteiger charge is 2.42. The van der Waals surface area contributed by atoms with Crippen molar-refractivity contribution in [1.82, 2.24) is 20.3 Å². The molecule has 158 valence electrons. The molecule has 6 nitrogen and oxygen atoms in total. The fraction of sp³-hybridized carbons (Fsp3) is 0.250. The second-order valence-corrected chi connectivity index (χ2v) is 6.38. The Morgan fingerprint density at radius 3 is 2.60 bits per heavy atom. The molecule has 2 aromatic carbocycles. The Labute approximate surface area is 169 Å². The summed E-state index contributed by atoms with van der Waals surface area (Å²) in [6, 6.07) is 10.6. The number of aromatic nitrogens is 3. The van der Waals surface area contributed by atoms with E-state index < -0.39 is 35.3 Å². The van der Waals surface area contributed by atoms with Crippen molar-refractivity contribution in [3.8, 4) is 11.4 Å². The summed E-state index contributed by atoms with van der Waals surface area (Å²) in [7, 11) is 0. The Morgan fingerprint density at radius 1 is 1.20 bits per heavy atom. The third kappa shape index (κ3) is 4.58. The predicted octanol–water partition coefficient (Wildman–Crippen LogP) is 4.31. The maximum atomic E-state index is 13.7. The lowest BCUT2D eigenvalue weighted by Crippen LogP contribution is -2.29. The van der Waals surface area contributed by atoms with Crippen LogP contribution >= 0.6 is 0 Å². The Hall–Kier alpha value is -3.43. The molecule has 0 saturated heterocycles. The molecule has 0 aliphatic rings. The summed E-state index contributed by atoms with van der Waals surface area (Å²) in [5, 5.41) is 9.33. The summed E-state index contributed by atoms with van der Waals surface area (Å²) in [6.45, 7) is 3.88. The number of nitrogens with one attached hydrogen (secondary N) is 1. The highest BCUT2D eigenvalue weighted by molar-refractivity contribution is 5.93. The average molecular weight is 422 g/mol. The molecule has 0 radical (unpaired) electrons. The Balaban J connectivity index is 1.92. The van der Waals surface area contributed by atoms with Crippen molar-refractivity contribution in [2.45, 2.75) is 26.1 Å². The number of nitrogens with zero attached hydrogens (tertiary/aromatic N) is 3. The van der Waals surface area contributed by atoms with Crippen molar-refractivity contribution in [3.63, 3.8) is 0 Å². The number of amides is 1. The Bertz CT molecular complexity index is 1050. The molecule has 1 N–H and O–H groups in total. The van der Waals surface area contributed by atoms with E-state index in [0.717, 1.165) is 12.1 Å². The lowest BCUT2D eigenvalue weighted by atomic mass is 10.1. The Morgan fingerprint density at radius 2 is 1.93 bits per heavy atom. The standard InChI is InChI=1S/C20H18F4N4O2/c1-3-30-16-9-4-6-13(10-16)12(2)25-19(29)17-18(20(22,23)24)28(27-26-17)15-8-5-7-14(21)11-15/h4-12H,3H2,1-2H3,(H,25,29). The van der Waals surface area contributed by atoms with Crippen LogP contribution in [0.2, 0.25) is 0 Å². The molecule has 0 bridgehead atoms. The van der Waals surface area contributed by atoms with Gasteiger partial charge in [-0.3, -0.25) is 4.79 Å². The molecule has 1 heterocycles. The van der Waals surface area contributed by atoms with Crippen LogP contribution in [0.3, 0.4) is 0 Å². The van der Waals surface area contributed by atoms with Crippen molar-refractivity contribution in [3.05, 3.63) is 71.3 Å². The van der Waals surface area contributed by atoms with Gasteiger partial charge in [-0.2, -0.15) is 13.2 Å². The van der Waals surface area contributed by atoms with E-state index in [4.69, 9.17) is 4.74 Å². The minimum atomic E-state index is -4.94. The molecule has 0 saturated carbocycles. The molecule has 0 spiro atoms. The van der Waals surface area contributed by atoms with Gasteiger partial charge in [-0.1, -0.05) is 23.4 Å². The first kappa shape index (κ1) is 21.3. The quantitative estimate of drug-likeness (QED) is 0.601. The summed E-state index contributed by atoms with van der Waals surface area (Å²) >= 11 is 0. The molecule has 30 heavy (non-hydrogen) atoms. The van der Waals surface area contributed by atoms with Crippen molar-refractivity contribution in [2.75, 3.05) is 6.61 Å². The number of benzene rings is 2. The molecule has 0 fully saturated rings. The first-order valence-corrected chi connectivity index (χ1v) is 9.03. The Kier molecular flexibility index (Phi) is 6.04. The summed E-state index contributed by atoms with van der Waals surface area (Å²) in [4.78, 5) is 12.6. The highest BCUT2D eigenvalue weighted by Crippen LogP contribution is 2.33. The van der Waals surface area contributed by atoms with Gasteiger partial charge in [0.15, 0.2) is 11.4 Å². The summed E-state index contributed by atoms with van der Waals surface area (Å²) in [6.07, 6.45) is -4.94. The van der Waals surface area contributed by atoms with Crippen LogP contribution in [-0.4, -0.2) is 27.5 Å². The van der Waals surface area contributed by atoms with Gasteiger partial charge in [0.25, 0.3) is 5.91 Å². The van der Waals surface area contributed by atoms with Gasteiger partial charge in [0.2, 0.25) is 0 Å². The zero-order valence-electron chi connectivity index (χ0n) is 16.1. The second kappa shape index (κ2) is 8.52. The number of ether oxygens (including phenoxy) is 1. The number of alkyl halides is 3. The van der Waals surface area contributed by atoms with E-state index in [0.29, 0.717) is 22.6 Å². The first-order valence-electron chi connectivity index (χ1n) is 9.03. The topological polar surface area (TPSA) is 69.0 Å². The molecule has 3 aromatic rings. The third-order valence-electron chi connectivity index (χ3n) is 4.22. The van der Waals surface area contributed by atoms with Crippen LogP contribution in [0.15, 0.2) is 48.5 Å². The van der Waals surface area contributed by atoms with Crippen LogP contribution in [0.5, 0.6) is 5.75 Å². The molecule has 0 aliphatic heterocycles. The minimum Gasteiger partial charge on any atom is -0.494 e. The molecule has 1 unspecified atom stereocenters. The number of carbonyl (C=O) groups is 1. The number of hydrogen-bond acceptors (Lipinski definition) is 4. The highest BCUT2D eigenvalue weighted by atomic mass is 19.4. The number of hydrogen-bond donors (Lipinski definition) is 1. The largest absolute Gasteiger partial charge is 0.494 e. The van der Waals surface area contributed by atoms with E-state index in [2.05, 4.69) is 15.6 Å². The zero-order chi connectivity index (χ0) is 21.9. The third-order valence-corrected chi connectivity index (χ3v) is 4.22. The average Bonchev–Trinajstić information content (AvgIpc) is 3.14. The van der Waals surface area contributed by atoms with Gasteiger partial charge in [0.1, 0.15) is 11.6 Å². The van der Waals surface area contributed by atoms with E-state index >= 15 is 0 Å². The molecule has 1 aromatic heterocycles. The fourth-order valence-corrected chi connectivity index (χ4v) is 2.87. The van der Waals surface area contributed by atoms with Gasteiger partial charge in [0.05, 0.1) is 18.3 Å². The maximum absolute atomic E-state index is 13.7. The SMILES string of the molecule is CCOc1cccc(C(C)NC(=O)c2nnn(-c3cccc(F)c3)c2C(F)(F)F)c1. The van der Waals surface area contributed by atoms with E-state index in [-0.39, 0.29) is 5.69 Å². The zero-order valence-corrected chi connectivity index (χ0v) is 16.1. The van der Waals surface area contributed by atoms with Crippen LogP contribution in [0, 0.1) is 5.82 Å². The lowest BCUT2D eigenvalue weighted by Gasteiger charge is -2.16. The summed E-state index contributed by atoms with van der Waals surface area (Å²) in [5.74, 6) is -1.23. The number of rotatable bonds is 6. The van der Waals surface area contributed by atoms with Crippen LogP contribution in [0.25, 0.3) is 5.69 Å². The summed E-state index contributed by atoms with van der Waals surface area (Å²) < 4.78 is 60.3. The molecular weight excluding hydrogens is 404 g/mol. The number of carbonyl (C=O) groups excluding carboxylic acids is 1. The van der Waals surface area contributed by atoms with Crippen molar-refractivity contribution < 1.29 is 27.1 Å². The van der Waals surface area contributed by atoms with E-state index in [1.807, 2.05) is 6.92 Å². The van der Waals surface area contributed by atoms with Crippen LogP contribution in [-0.2, 0) is 6.18 Å². The minimum absolute atomic E-state index is 0.202. The fourth-order valence-electron chi connectivity index (χ4n) is 2.87. The maximum Gasteiger partial charge on any atom is 0.435 e. The summed E-state index contributed by atoms with van der Waals surface area (Å²) in [5.41, 5.74) is -1.85. The van der Waals surface area contributed by atoms with Crippen molar-refractivity contribution in [2.24, 2.45) is 0 Å². The smallest absolute Gasteiger partial charge is 0.435 e.